The van der Waals surface area contributed by atoms with E-state index in [1.807, 2.05) is 30.3 Å². The Balaban J connectivity index is 2.77. The topological polar surface area (TPSA) is 55.4 Å². The molecule has 2 radical (unpaired) electrons. The molecule has 1 atom stereocenters. The Hall–Kier alpha value is -1.84. The molecular weight excluding hydrogens is 242 g/mol. The second-order valence-corrected chi connectivity index (χ2v) is 5.28. The monoisotopic (exact) mass is 261 g/mol. The Morgan fingerprint density at radius 2 is 1.84 bits per heavy atom. The van der Waals surface area contributed by atoms with Crippen molar-refractivity contribution in [1.29, 1.82) is 0 Å². The van der Waals surface area contributed by atoms with Crippen LogP contribution in [0.4, 0.5) is 0 Å². The molecule has 19 heavy (non-hydrogen) atoms. The van der Waals surface area contributed by atoms with Crippen LogP contribution >= 0.6 is 0 Å². The Labute approximate surface area is 114 Å². The molecule has 4 heteroatoms. The fraction of sp³-hybridized carbons (Fsp3) is 0.400. The standard InChI is InChI=1S/C15H19NO3/c1-11(17)16-13(14(18)19-15(2,3)4)10-12-8-6-5-7-9-12/h1,5-9,13H,10H2,2-4H3,(H,16,17). The van der Waals surface area contributed by atoms with Gasteiger partial charge in [-0.15, -0.1) is 0 Å². The maximum absolute atomic E-state index is 12.0. The quantitative estimate of drug-likeness (QED) is 0.840. The van der Waals surface area contributed by atoms with E-state index in [9.17, 15) is 9.59 Å². The first kappa shape index (κ1) is 15.2. The minimum absolute atomic E-state index is 0.346. The van der Waals surface area contributed by atoms with Crippen LogP contribution in [0, 0.1) is 6.92 Å². The van der Waals surface area contributed by atoms with E-state index in [0.29, 0.717) is 6.42 Å². The lowest BCUT2D eigenvalue weighted by Crippen LogP contribution is -2.44. The lowest BCUT2D eigenvalue weighted by Gasteiger charge is -2.24. The molecule has 1 unspecified atom stereocenters. The van der Waals surface area contributed by atoms with E-state index >= 15 is 0 Å². The van der Waals surface area contributed by atoms with Gasteiger partial charge in [-0.2, -0.15) is 0 Å². The molecule has 102 valence electrons. The molecular formula is C15H19NO3. The molecule has 1 amide bonds. The van der Waals surface area contributed by atoms with Gasteiger partial charge >= 0.3 is 5.97 Å². The molecule has 0 aliphatic rings. The van der Waals surface area contributed by atoms with Crippen LogP contribution in [0.2, 0.25) is 0 Å². The predicted octanol–water partition coefficient (Wildman–Crippen LogP) is 1.77. The highest BCUT2D eigenvalue weighted by Gasteiger charge is 2.26. The highest BCUT2D eigenvalue weighted by atomic mass is 16.6. The number of carbonyl (C=O) groups excluding carboxylic acids is 2. The Morgan fingerprint density at radius 3 is 2.32 bits per heavy atom. The van der Waals surface area contributed by atoms with Gasteiger partial charge in [0.05, 0.1) is 6.92 Å². The number of hydrogen-bond acceptors (Lipinski definition) is 3. The van der Waals surface area contributed by atoms with E-state index < -0.39 is 23.5 Å². The Kier molecular flexibility index (Phi) is 5.10. The van der Waals surface area contributed by atoms with Gasteiger partial charge in [0.15, 0.2) is 0 Å². The number of amides is 1. The number of nitrogens with one attached hydrogen (secondary N) is 1. The predicted molar refractivity (Wildman–Crippen MR) is 72.2 cm³/mol. The van der Waals surface area contributed by atoms with E-state index in [0.717, 1.165) is 5.56 Å². The van der Waals surface area contributed by atoms with Crippen molar-refractivity contribution in [3.63, 3.8) is 0 Å². The summed E-state index contributed by atoms with van der Waals surface area (Å²) in [7, 11) is 0. The van der Waals surface area contributed by atoms with Crippen molar-refractivity contribution in [3.05, 3.63) is 42.8 Å². The highest BCUT2D eigenvalue weighted by Crippen LogP contribution is 2.11. The molecule has 0 aromatic heterocycles. The van der Waals surface area contributed by atoms with Crippen molar-refractivity contribution in [1.82, 2.24) is 5.32 Å². The second-order valence-electron chi connectivity index (χ2n) is 5.28. The third-order valence-corrected chi connectivity index (χ3v) is 2.29. The zero-order valence-corrected chi connectivity index (χ0v) is 11.5. The van der Waals surface area contributed by atoms with Crippen LogP contribution in [-0.2, 0) is 20.7 Å². The van der Waals surface area contributed by atoms with Gasteiger partial charge in [0.2, 0.25) is 5.91 Å². The summed E-state index contributed by atoms with van der Waals surface area (Å²) in [5.74, 6) is -1.23. The van der Waals surface area contributed by atoms with Crippen molar-refractivity contribution in [2.24, 2.45) is 0 Å². The number of rotatable bonds is 4. The van der Waals surface area contributed by atoms with Gasteiger partial charge in [-0.25, -0.2) is 4.79 Å². The van der Waals surface area contributed by atoms with Crippen LogP contribution < -0.4 is 5.32 Å². The Bertz CT molecular complexity index is 434. The first-order valence-electron chi connectivity index (χ1n) is 6.11. The van der Waals surface area contributed by atoms with Gasteiger partial charge in [-0.3, -0.25) is 4.79 Å². The van der Waals surface area contributed by atoms with E-state index in [1.54, 1.807) is 20.8 Å². The molecule has 0 aliphatic heterocycles. The molecule has 1 aromatic rings. The number of carbonyl (C=O) groups is 2. The third kappa shape index (κ3) is 6.04. The number of benzene rings is 1. The van der Waals surface area contributed by atoms with Gasteiger partial charge in [-0.1, -0.05) is 30.3 Å². The number of esters is 1. The average molecular weight is 261 g/mol. The summed E-state index contributed by atoms with van der Waals surface area (Å²) in [4.78, 5) is 23.0. The maximum atomic E-state index is 12.0. The van der Waals surface area contributed by atoms with E-state index in [-0.39, 0.29) is 0 Å². The molecule has 0 heterocycles. The first-order chi connectivity index (χ1) is 8.78. The van der Waals surface area contributed by atoms with Gasteiger partial charge in [0, 0.05) is 6.42 Å². The summed E-state index contributed by atoms with van der Waals surface area (Å²) in [6.45, 7) is 10.4. The number of ether oxygens (including phenoxy) is 1. The second kappa shape index (κ2) is 6.36. The van der Waals surface area contributed by atoms with Crippen molar-refractivity contribution in [2.45, 2.75) is 38.8 Å². The SMILES string of the molecule is [CH]C(=O)NC(Cc1ccccc1)C(=O)OC(C)(C)C. The summed E-state index contributed by atoms with van der Waals surface area (Å²) in [6, 6.07) is 8.59. The summed E-state index contributed by atoms with van der Waals surface area (Å²) in [6.07, 6.45) is 0.346. The van der Waals surface area contributed by atoms with Gasteiger partial charge in [0.25, 0.3) is 0 Å². The minimum atomic E-state index is -0.779. The molecule has 0 saturated carbocycles. The fourth-order valence-corrected chi connectivity index (χ4v) is 1.59. The molecule has 1 rings (SSSR count). The van der Waals surface area contributed by atoms with Crippen LogP contribution in [0.5, 0.6) is 0 Å². The minimum Gasteiger partial charge on any atom is -0.458 e. The fourth-order valence-electron chi connectivity index (χ4n) is 1.59. The van der Waals surface area contributed by atoms with Gasteiger partial charge < -0.3 is 10.1 Å². The van der Waals surface area contributed by atoms with Crippen LogP contribution in [0.25, 0.3) is 0 Å². The molecule has 1 N–H and O–H groups in total. The summed E-state index contributed by atoms with van der Waals surface area (Å²) in [5.41, 5.74) is 0.317. The van der Waals surface area contributed by atoms with E-state index in [2.05, 4.69) is 5.32 Å². The molecule has 0 spiro atoms. The average Bonchev–Trinajstić information content (AvgIpc) is 2.26. The number of hydrogen-bond donors (Lipinski definition) is 1. The van der Waals surface area contributed by atoms with Gasteiger partial charge in [-0.05, 0) is 26.3 Å². The summed E-state index contributed by atoms with van der Waals surface area (Å²) in [5, 5.41) is 2.42. The van der Waals surface area contributed by atoms with Gasteiger partial charge in [0.1, 0.15) is 11.6 Å². The van der Waals surface area contributed by atoms with Crippen molar-refractivity contribution in [3.8, 4) is 0 Å². The molecule has 0 bridgehead atoms. The first-order valence-corrected chi connectivity index (χ1v) is 6.11. The zero-order chi connectivity index (χ0) is 14.5. The van der Waals surface area contributed by atoms with E-state index in [4.69, 9.17) is 11.7 Å². The van der Waals surface area contributed by atoms with Crippen LogP contribution in [0.3, 0.4) is 0 Å². The summed E-state index contributed by atoms with van der Waals surface area (Å²) < 4.78 is 5.26. The summed E-state index contributed by atoms with van der Waals surface area (Å²) >= 11 is 0. The Morgan fingerprint density at radius 1 is 1.26 bits per heavy atom. The van der Waals surface area contributed by atoms with Crippen LogP contribution in [0.15, 0.2) is 30.3 Å². The molecule has 4 nitrogen and oxygen atoms in total. The molecule has 1 aromatic carbocycles. The largest absolute Gasteiger partial charge is 0.458 e. The molecule has 0 aliphatic carbocycles. The third-order valence-electron chi connectivity index (χ3n) is 2.29. The zero-order valence-electron chi connectivity index (χ0n) is 11.5. The van der Waals surface area contributed by atoms with Crippen molar-refractivity contribution < 1.29 is 14.3 Å². The van der Waals surface area contributed by atoms with E-state index in [1.165, 1.54) is 0 Å². The molecule has 0 fully saturated rings. The molecule has 0 saturated heterocycles. The smallest absolute Gasteiger partial charge is 0.329 e. The van der Waals surface area contributed by atoms with Crippen LogP contribution in [0.1, 0.15) is 26.3 Å². The normalized spacial score (nSPS) is 12.6. The lowest BCUT2D eigenvalue weighted by atomic mass is 10.1. The van der Waals surface area contributed by atoms with Crippen LogP contribution in [-0.4, -0.2) is 23.5 Å². The maximum Gasteiger partial charge on any atom is 0.329 e. The highest BCUT2D eigenvalue weighted by molar-refractivity contribution is 5.86. The lowest BCUT2D eigenvalue weighted by molar-refractivity contribution is -0.158. The van der Waals surface area contributed by atoms with Crippen molar-refractivity contribution >= 4 is 11.9 Å². The van der Waals surface area contributed by atoms with Crippen molar-refractivity contribution in [2.75, 3.05) is 0 Å².